The molecular weight excluding hydrogens is 462 g/mol. The molecule has 7 nitrogen and oxygen atoms in total. The second-order valence-electron chi connectivity index (χ2n) is 9.16. The van der Waals surface area contributed by atoms with Crippen LogP contribution in [-0.2, 0) is 10.5 Å². The van der Waals surface area contributed by atoms with E-state index in [2.05, 4.69) is 16.0 Å². The number of carbonyl (C=O) groups is 1. The van der Waals surface area contributed by atoms with Gasteiger partial charge in [0.1, 0.15) is 17.6 Å². The standard InChI is InChI=1S/C27H31N3O4S/c1-32-19-11-7-10-18(12-19)16-35-27-28-21-15-24(34-3)23(33-2)14-20(21)25-29-26(31)22(30(25)27)13-17-8-5-4-6-9-17/h7,10-12,14-15,17,22H,4-6,8-9,13,16H2,1-3H3/t22-/m0/s1. The van der Waals surface area contributed by atoms with Crippen molar-refractivity contribution in [1.82, 2.24) is 4.90 Å². The summed E-state index contributed by atoms with van der Waals surface area (Å²) in [5.41, 5.74) is 2.66. The average molecular weight is 494 g/mol. The molecule has 184 valence electrons. The molecule has 1 atom stereocenters. The van der Waals surface area contributed by atoms with E-state index >= 15 is 0 Å². The van der Waals surface area contributed by atoms with Gasteiger partial charge in [-0.15, -0.1) is 0 Å². The van der Waals surface area contributed by atoms with Crippen LogP contribution in [0.25, 0.3) is 0 Å². The van der Waals surface area contributed by atoms with Crippen LogP contribution in [0.3, 0.4) is 0 Å². The van der Waals surface area contributed by atoms with Gasteiger partial charge in [-0.1, -0.05) is 56.0 Å². The number of methoxy groups -OCH3 is 3. The van der Waals surface area contributed by atoms with E-state index in [1.54, 1.807) is 33.1 Å². The van der Waals surface area contributed by atoms with Crippen LogP contribution in [0, 0.1) is 5.92 Å². The smallest absolute Gasteiger partial charge is 0.270 e. The summed E-state index contributed by atoms with van der Waals surface area (Å²) in [6.07, 6.45) is 6.94. The van der Waals surface area contributed by atoms with Gasteiger partial charge >= 0.3 is 0 Å². The molecule has 8 heteroatoms. The molecule has 0 bridgehead atoms. The molecule has 1 amide bonds. The minimum atomic E-state index is -0.314. The van der Waals surface area contributed by atoms with Gasteiger partial charge < -0.3 is 14.2 Å². The summed E-state index contributed by atoms with van der Waals surface area (Å²) in [4.78, 5) is 24.9. The number of nitrogens with zero attached hydrogens (tertiary/aromatic N) is 3. The van der Waals surface area contributed by atoms with Crippen molar-refractivity contribution < 1.29 is 19.0 Å². The topological polar surface area (TPSA) is 72.7 Å². The molecule has 2 aromatic carbocycles. The molecule has 0 N–H and O–H groups in total. The van der Waals surface area contributed by atoms with E-state index in [1.807, 2.05) is 30.3 Å². The lowest BCUT2D eigenvalue weighted by Crippen LogP contribution is -2.44. The van der Waals surface area contributed by atoms with Gasteiger partial charge in [0, 0.05) is 17.4 Å². The summed E-state index contributed by atoms with van der Waals surface area (Å²) in [5.74, 6) is 3.85. The first kappa shape index (κ1) is 23.7. The Labute approximate surface area is 210 Å². The lowest BCUT2D eigenvalue weighted by atomic mass is 9.84. The maximum absolute atomic E-state index is 13.2. The van der Waals surface area contributed by atoms with E-state index in [0.29, 0.717) is 29.0 Å². The van der Waals surface area contributed by atoms with Gasteiger partial charge in [0.2, 0.25) is 0 Å². The molecule has 35 heavy (non-hydrogen) atoms. The third-order valence-electron chi connectivity index (χ3n) is 6.99. The summed E-state index contributed by atoms with van der Waals surface area (Å²) in [7, 11) is 4.89. The van der Waals surface area contributed by atoms with Crippen LogP contribution < -0.4 is 14.2 Å². The molecule has 1 fully saturated rings. The number of amidine groups is 2. The van der Waals surface area contributed by atoms with Crippen molar-refractivity contribution in [1.29, 1.82) is 0 Å². The van der Waals surface area contributed by atoms with E-state index in [9.17, 15) is 4.79 Å². The Morgan fingerprint density at radius 3 is 2.49 bits per heavy atom. The minimum Gasteiger partial charge on any atom is -0.497 e. The number of carbonyl (C=O) groups excluding carboxylic acids is 1. The third kappa shape index (κ3) is 4.76. The van der Waals surface area contributed by atoms with E-state index in [0.717, 1.165) is 34.2 Å². The van der Waals surface area contributed by atoms with Crippen LogP contribution in [0.5, 0.6) is 17.2 Å². The van der Waals surface area contributed by atoms with Gasteiger partial charge in [-0.25, -0.2) is 4.99 Å². The predicted molar refractivity (Wildman–Crippen MR) is 139 cm³/mol. The molecule has 0 saturated heterocycles. The second kappa shape index (κ2) is 10.3. The number of hydrogen-bond acceptors (Lipinski definition) is 7. The molecule has 0 radical (unpaired) electrons. The first-order valence-corrected chi connectivity index (χ1v) is 13.1. The normalized spacial score (nSPS) is 19.6. The molecule has 2 aromatic rings. The number of hydrogen-bond donors (Lipinski definition) is 0. The number of fused-ring (bicyclic) bond motifs is 3. The highest BCUT2D eigenvalue weighted by Gasteiger charge is 2.43. The Morgan fingerprint density at radius 2 is 1.74 bits per heavy atom. The summed E-state index contributed by atoms with van der Waals surface area (Å²) in [6.45, 7) is 0. The molecule has 2 aliphatic heterocycles. The van der Waals surface area contributed by atoms with Crippen molar-refractivity contribution in [2.45, 2.75) is 50.3 Å². The Kier molecular flexibility index (Phi) is 7.00. The lowest BCUT2D eigenvalue weighted by Gasteiger charge is -2.33. The number of amides is 1. The zero-order valence-corrected chi connectivity index (χ0v) is 21.3. The van der Waals surface area contributed by atoms with Crippen LogP contribution in [0.4, 0.5) is 5.69 Å². The molecule has 1 aliphatic carbocycles. The van der Waals surface area contributed by atoms with Crippen molar-refractivity contribution in [3.05, 3.63) is 47.5 Å². The zero-order chi connectivity index (χ0) is 24.4. The molecule has 5 rings (SSSR count). The predicted octanol–water partition coefficient (Wildman–Crippen LogP) is 5.57. The lowest BCUT2D eigenvalue weighted by molar-refractivity contribution is -0.120. The highest BCUT2D eigenvalue weighted by atomic mass is 32.2. The van der Waals surface area contributed by atoms with Crippen molar-refractivity contribution in [2.75, 3.05) is 21.3 Å². The highest BCUT2D eigenvalue weighted by molar-refractivity contribution is 8.13. The van der Waals surface area contributed by atoms with Crippen molar-refractivity contribution in [3.63, 3.8) is 0 Å². The van der Waals surface area contributed by atoms with Crippen molar-refractivity contribution in [2.24, 2.45) is 15.9 Å². The fourth-order valence-corrected chi connectivity index (χ4v) is 6.15. The molecular formula is C27H31N3O4S. The van der Waals surface area contributed by atoms with Crippen LogP contribution >= 0.6 is 11.8 Å². The van der Waals surface area contributed by atoms with Gasteiger partial charge in [0.15, 0.2) is 16.7 Å². The van der Waals surface area contributed by atoms with Crippen molar-refractivity contribution >= 4 is 34.4 Å². The summed E-state index contributed by atoms with van der Waals surface area (Å²) < 4.78 is 16.4. The number of benzene rings is 2. The van der Waals surface area contributed by atoms with Crippen molar-refractivity contribution in [3.8, 4) is 17.2 Å². The van der Waals surface area contributed by atoms with Gasteiger partial charge in [0.25, 0.3) is 5.91 Å². The van der Waals surface area contributed by atoms with Gasteiger partial charge in [0.05, 0.1) is 27.0 Å². The van der Waals surface area contributed by atoms with E-state index < -0.39 is 0 Å². The molecule has 0 aromatic heterocycles. The number of rotatable bonds is 7. The number of aliphatic imine (C=N–C) groups is 2. The fourth-order valence-electron chi connectivity index (χ4n) is 5.16. The van der Waals surface area contributed by atoms with E-state index in [1.165, 1.54) is 32.1 Å². The van der Waals surface area contributed by atoms with Crippen LogP contribution in [-0.4, -0.2) is 49.2 Å². The molecule has 0 spiro atoms. The summed E-state index contributed by atoms with van der Waals surface area (Å²) in [5, 5.41) is 0.790. The Hall–Kier alpha value is -3.00. The summed E-state index contributed by atoms with van der Waals surface area (Å²) in [6, 6.07) is 11.5. The van der Waals surface area contributed by atoms with Gasteiger partial charge in [-0.3, -0.25) is 9.69 Å². The quantitative estimate of drug-likeness (QED) is 0.502. The first-order chi connectivity index (χ1) is 17.1. The van der Waals surface area contributed by atoms with Gasteiger partial charge in [-0.05, 0) is 36.1 Å². The largest absolute Gasteiger partial charge is 0.497 e. The summed E-state index contributed by atoms with van der Waals surface area (Å²) >= 11 is 1.62. The SMILES string of the molecule is COc1cccc(CSC2=Nc3cc(OC)c(OC)cc3C3=NC(=O)[C@H](CC4CCCCC4)N23)c1. The first-order valence-electron chi connectivity index (χ1n) is 12.1. The minimum absolute atomic E-state index is 0.0807. The Bertz CT molecular complexity index is 1170. The maximum atomic E-state index is 13.2. The average Bonchev–Trinajstić information content (AvgIpc) is 3.23. The maximum Gasteiger partial charge on any atom is 0.270 e. The Morgan fingerprint density at radius 1 is 0.971 bits per heavy atom. The van der Waals surface area contributed by atoms with Crippen LogP contribution in [0.15, 0.2) is 46.4 Å². The highest BCUT2D eigenvalue weighted by Crippen LogP contribution is 2.42. The van der Waals surface area contributed by atoms with E-state index in [4.69, 9.17) is 19.2 Å². The number of ether oxygens (including phenoxy) is 3. The fraction of sp³-hybridized carbons (Fsp3) is 0.444. The Balaban J connectivity index is 1.50. The molecule has 2 heterocycles. The second-order valence-corrected chi connectivity index (χ2v) is 10.1. The third-order valence-corrected chi connectivity index (χ3v) is 8.01. The van der Waals surface area contributed by atoms with E-state index in [-0.39, 0.29) is 11.9 Å². The molecule has 3 aliphatic rings. The zero-order valence-electron chi connectivity index (χ0n) is 20.5. The molecule has 1 saturated carbocycles. The van der Waals surface area contributed by atoms with Crippen LogP contribution in [0.1, 0.15) is 49.7 Å². The van der Waals surface area contributed by atoms with Gasteiger partial charge in [-0.2, -0.15) is 4.99 Å². The van der Waals surface area contributed by atoms with Crippen LogP contribution in [0.2, 0.25) is 0 Å². The molecule has 0 unspecified atom stereocenters. The number of thioether (sulfide) groups is 1. The monoisotopic (exact) mass is 493 g/mol.